The minimum absolute atomic E-state index is 0.0167. The standard InChI is InChI=1S/C23H16ClN3O7S/c1-12-3-5-14(27(30)31)10-16(12)19-8-6-15(33-19)11-20(22(28)29)35-23-26-25-21(34-23)17-9-13(24)4-7-18(17)32-2/h3-11H,1-2H3,(H,28,29)/b20-11-. The summed E-state index contributed by atoms with van der Waals surface area (Å²) in [4.78, 5) is 22.3. The number of rotatable bonds is 8. The normalized spacial score (nSPS) is 11.5. The lowest BCUT2D eigenvalue weighted by Crippen LogP contribution is -1.96. The zero-order chi connectivity index (χ0) is 25.1. The van der Waals surface area contributed by atoms with Gasteiger partial charge in [-0.05, 0) is 54.6 Å². The van der Waals surface area contributed by atoms with Gasteiger partial charge in [0.05, 0.1) is 17.6 Å². The fraction of sp³-hybridized carbons (Fsp3) is 0.0870. The van der Waals surface area contributed by atoms with Crippen LogP contribution in [0.4, 0.5) is 5.69 Å². The highest BCUT2D eigenvalue weighted by molar-refractivity contribution is 8.03. The summed E-state index contributed by atoms with van der Waals surface area (Å²) in [6.45, 7) is 1.79. The van der Waals surface area contributed by atoms with Gasteiger partial charge in [-0.3, -0.25) is 10.1 Å². The van der Waals surface area contributed by atoms with Gasteiger partial charge in [0, 0.05) is 28.8 Å². The molecule has 1 N–H and O–H groups in total. The van der Waals surface area contributed by atoms with Crippen LogP contribution in [0.1, 0.15) is 11.3 Å². The molecule has 10 nitrogen and oxygen atoms in total. The van der Waals surface area contributed by atoms with Crippen LogP contribution in [-0.4, -0.2) is 33.3 Å². The van der Waals surface area contributed by atoms with E-state index in [0.717, 1.165) is 17.3 Å². The highest BCUT2D eigenvalue weighted by atomic mass is 35.5. The van der Waals surface area contributed by atoms with Crippen LogP contribution in [0.15, 0.2) is 67.5 Å². The molecule has 0 saturated carbocycles. The minimum atomic E-state index is -1.24. The van der Waals surface area contributed by atoms with Gasteiger partial charge in [0.25, 0.3) is 16.8 Å². The van der Waals surface area contributed by atoms with Crippen molar-refractivity contribution in [2.45, 2.75) is 12.1 Å². The average molecular weight is 514 g/mol. The highest BCUT2D eigenvalue weighted by Crippen LogP contribution is 2.36. The molecular formula is C23H16ClN3O7S. The zero-order valence-electron chi connectivity index (χ0n) is 18.2. The van der Waals surface area contributed by atoms with Crippen molar-refractivity contribution in [1.29, 1.82) is 0 Å². The van der Waals surface area contributed by atoms with Crippen LogP contribution in [0.25, 0.3) is 28.9 Å². The van der Waals surface area contributed by atoms with Crippen molar-refractivity contribution >= 4 is 41.1 Å². The van der Waals surface area contributed by atoms with E-state index in [1.54, 1.807) is 43.3 Å². The first-order chi connectivity index (χ1) is 16.7. The number of methoxy groups -OCH3 is 1. The van der Waals surface area contributed by atoms with Gasteiger partial charge in [-0.1, -0.05) is 17.7 Å². The summed E-state index contributed by atoms with van der Waals surface area (Å²) in [5, 5.41) is 29.1. The van der Waals surface area contributed by atoms with Crippen molar-refractivity contribution in [3.63, 3.8) is 0 Å². The van der Waals surface area contributed by atoms with E-state index >= 15 is 0 Å². The molecule has 0 aliphatic heterocycles. The average Bonchev–Trinajstić information content (AvgIpc) is 3.48. The molecular weight excluding hydrogens is 498 g/mol. The Morgan fingerprint density at radius 2 is 1.94 bits per heavy atom. The Hall–Kier alpha value is -4.09. The molecule has 0 aliphatic rings. The van der Waals surface area contributed by atoms with E-state index < -0.39 is 10.9 Å². The number of hydrogen-bond donors (Lipinski definition) is 1. The number of benzene rings is 2. The molecule has 0 atom stereocenters. The van der Waals surface area contributed by atoms with E-state index in [1.807, 2.05) is 0 Å². The highest BCUT2D eigenvalue weighted by Gasteiger charge is 2.19. The fourth-order valence-corrected chi connectivity index (χ4v) is 3.95. The largest absolute Gasteiger partial charge is 0.496 e. The number of halogens is 1. The van der Waals surface area contributed by atoms with E-state index in [4.69, 9.17) is 25.2 Å². The number of aryl methyl sites for hydroxylation is 1. The van der Waals surface area contributed by atoms with Gasteiger partial charge in [0.15, 0.2) is 0 Å². The van der Waals surface area contributed by atoms with Gasteiger partial charge >= 0.3 is 5.97 Å². The van der Waals surface area contributed by atoms with Crippen molar-refractivity contribution in [3.05, 3.63) is 79.9 Å². The number of thioether (sulfide) groups is 1. The Balaban J connectivity index is 1.61. The van der Waals surface area contributed by atoms with Crippen molar-refractivity contribution < 1.29 is 28.4 Å². The zero-order valence-corrected chi connectivity index (χ0v) is 19.8. The molecule has 12 heteroatoms. The SMILES string of the molecule is COc1ccc(Cl)cc1-c1nnc(S/C(=C\c2ccc(-c3cc([N+](=O)[O-])ccc3C)o2)C(=O)O)o1. The molecule has 35 heavy (non-hydrogen) atoms. The van der Waals surface area contributed by atoms with Crippen LogP contribution in [-0.2, 0) is 4.79 Å². The number of aliphatic carboxylic acids is 1. The summed E-state index contributed by atoms with van der Waals surface area (Å²) in [6, 6.07) is 12.5. The molecule has 2 aromatic carbocycles. The van der Waals surface area contributed by atoms with Crippen LogP contribution in [0.2, 0.25) is 5.02 Å². The second kappa shape index (κ2) is 10.0. The summed E-state index contributed by atoms with van der Waals surface area (Å²) in [6.07, 6.45) is 1.30. The van der Waals surface area contributed by atoms with Gasteiger partial charge < -0.3 is 18.7 Å². The van der Waals surface area contributed by atoms with Crippen LogP contribution in [0, 0.1) is 17.0 Å². The van der Waals surface area contributed by atoms with Gasteiger partial charge in [-0.2, -0.15) is 0 Å². The van der Waals surface area contributed by atoms with Gasteiger partial charge in [0.1, 0.15) is 22.2 Å². The molecule has 4 rings (SSSR count). The third-order valence-corrected chi connectivity index (χ3v) is 5.89. The quantitative estimate of drug-likeness (QED) is 0.127. The molecule has 4 aromatic rings. The van der Waals surface area contributed by atoms with E-state index in [2.05, 4.69) is 10.2 Å². The molecule has 0 aliphatic carbocycles. The summed E-state index contributed by atoms with van der Waals surface area (Å²) in [5.41, 5.74) is 1.68. The first-order valence-corrected chi connectivity index (χ1v) is 11.1. The Labute approximate surface area is 207 Å². The lowest BCUT2D eigenvalue weighted by atomic mass is 10.1. The topological polar surface area (TPSA) is 142 Å². The number of nitro groups is 1. The number of ether oxygens (including phenoxy) is 1. The lowest BCUT2D eigenvalue weighted by molar-refractivity contribution is -0.384. The number of carboxylic acid groups (broad SMARTS) is 1. The van der Waals surface area contributed by atoms with Gasteiger partial charge in [-0.15, -0.1) is 10.2 Å². The monoisotopic (exact) mass is 513 g/mol. The molecule has 0 radical (unpaired) electrons. The predicted octanol–water partition coefficient (Wildman–Crippen LogP) is 6.09. The third-order valence-electron chi connectivity index (χ3n) is 4.80. The maximum absolute atomic E-state index is 11.8. The molecule has 0 spiro atoms. The number of nitro benzene ring substituents is 1. The number of carboxylic acids is 1. The Morgan fingerprint density at radius 3 is 2.66 bits per heavy atom. The van der Waals surface area contributed by atoms with E-state index in [9.17, 15) is 20.0 Å². The number of aromatic nitrogens is 2. The molecule has 0 bridgehead atoms. The Bertz CT molecular complexity index is 1460. The second-order valence-corrected chi connectivity index (χ2v) is 8.52. The molecule has 178 valence electrons. The third kappa shape index (κ3) is 5.36. The van der Waals surface area contributed by atoms with E-state index in [0.29, 0.717) is 27.7 Å². The maximum atomic E-state index is 11.8. The molecule has 0 amide bonds. The van der Waals surface area contributed by atoms with E-state index in [1.165, 1.54) is 25.3 Å². The molecule has 2 heterocycles. The molecule has 0 fully saturated rings. The van der Waals surface area contributed by atoms with Gasteiger partial charge in [-0.25, -0.2) is 4.79 Å². The fourth-order valence-electron chi connectivity index (χ4n) is 3.13. The number of hydrogen-bond acceptors (Lipinski definition) is 9. The second-order valence-electron chi connectivity index (χ2n) is 7.09. The number of carbonyl (C=O) groups is 1. The van der Waals surface area contributed by atoms with Gasteiger partial charge in [0.2, 0.25) is 0 Å². The van der Waals surface area contributed by atoms with Crippen molar-refractivity contribution in [3.8, 4) is 28.5 Å². The smallest absolute Gasteiger partial charge is 0.342 e. The van der Waals surface area contributed by atoms with Crippen LogP contribution in [0.3, 0.4) is 0 Å². The van der Waals surface area contributed by atoms with Crippen LogP contribution >= 0.6 is 23.4 Å². The predicted molar refractivity (Wildman–Crippen MR) is 128 cm³/mol. The van der Waals surface area contributed by atoms with Crippen LogP contribution < -0.4 is 4.74 Å². The first-order valence-electron chi connectivity index (χ1n) is 9.90. The summed E-state index contributed by atoms with van der Waals surface area (Å²) < 4.78 is 16.6. The van der Waals surface area contributed by atoms with Crippen molar-refractivity contribution in [1.82, 2.24) is 10.2 Å². The Kier molecular flexibility index (Phi) is 6.90. The minimum Gasteiger partial charge on any atom is -0.496 e. The summed E-state index contributed by atoms with van der Waals surface area (Å²) >= 11 is 6.78. The summed E-state index contributed by atoms with van der Waals surface area (Å²) in [7, 11) is 1.48. The number of non-ortho nitro benzene ring substituents is 1. The molecule has 0 unspecified atom stereocenters. The lowest BCUT2D eigenvalue weighted by Gasteiger charge is -2.04. The maximum Gasteiger partial charge on any atom is 0.342 e. The summed E-state index contributed by atoms with van der Waals surface area (Å²) in [5.74, 6) is -0.0758. The number of nitrogens with zero attached hydrogens (tertiary/aromatic N) is 3. The van der Waals surface area contributed by atoms with Crippen molar-refractivity contribution in [2.75, 3.05) is 7.11 Å². The van der Waals surface area contributed by atoms with Crippen LogP contribution in [0.5, 0.6) is 5.75 Å². The molecule has 0 saturated heterocycles. The Morgan fingerprint density at radius 1 is 1.14 bits per heavy atom. The molecule has 2 aromatic heterocycles. The van der Waals surface area contributed by atoms with Crippen molar-refractivity contribution in [2.24, 2.45) is 0 Å². The first kappa shape index (κ1) is 24.0. The van der Waals surface area contributed by atoms with E-state index in [-0.39, 0.29) is 27.5 Å². The number of furan rings is 1.